The van der Waals surface area contributed by atoms with Crippen LogP contribution in [0, 0.1) is 0 Å². The van der Waals surface area contributed by atoms with Crippen LogP contribution in [0.2, 0.25) is 0 Å². The van der Waals surface area contributed by atoms with E-state index in [-0.39, 0.29) is 0 Å². The van der Waals surface area contributed by atoms with E-state index in [4.69, 9.17) is 11.6 Å². The molecule has 0 spiro atoms. The predicted octanol–water partition coefficient (Wildman–Crippen LogP) is 4.36. The van der Waals surface area contributed by atoms with Gasteiger partial charge in [0.05, 0.1) is 0 Å². The highest BCUT2D eigenvalue weighted by atomic mass is 79.9. The minimum Gasteiger partial charge on any atom is -0.0895 e. The Balaban J connectivity index is 4.24. The largest absolute Gasteiger partial charge is 0.0895 e. The maximum Gasteiger partial charge on any atom is 0.0283 e. The third-order valence-corrected chi connectivity index (χ3v) is 2.00. The average Bonchev–Trinajstić information content (AvgIpc) is 1.97. The maximum absolute atomic E-state index is 5.64. The molecule has 0 aromatic carbocycles. The lowest BCUT2D eigenvalue weighted by Gasteiger charge is -1.91. The van der Waals surface area contributed by atoms with Gasteiger partial charge < -0.3 is 0 Å². The number of allylic oxidation sites excluding steroid dienone is 5. The fourth-order valence-corrected chi connectivity index (χ4v) is 1.22. The molecule has 0 saturated heterocycles. The zero-order valence-corrected chi connectivity index (χ0v) is 10.1. The summed E-state index contributed by atoms with van der Waals surface area (Å²) < 4.78 is 0. The highest BCUT2D eigenvalue weighted by Crippen LogP contribution is 2.06. The fraction of sp³-hybridized carbons (Fsp3) is 0.250. The molecule has 0 nitrogen and oxygen atoms in total. The quantitative estimate of drug-likeness (QED) is 0.536. The van der Waals surface area contributed by atoms with Crippen molar-refractivity contribution in [2.45, 2.75) is 6.92 Å². The summed E-state index contributed by atoms with van der Waals surface area (Å²) in [5.74, 6) is 0. The highest BCUT2D eigenvalue weighted by molar-refractivity contribution is 9.11. The molecular formula is C8H9Br2Cl. The zero-order chi connectivity index (χ0) is 8.69. The zero-order valence-electron chi connectivity index (χ0n) is 6.15. The van der Waals surface area contributed by atoms with Crippen LogP contribution < -0.4 is 0 Å². The Labute approximate surface area is 89.3 Å². The van der Waals surface area contributed by atoms with Gasteiger partial charge in [0.25, 0.3) is 0 Å². The number of hydrogen-bond acceptors (Lipinski definition) is 0. The molecule has 0 fully saturated rings. The normalized spacial score (nSPS) is 14.5. The van der Waals surface area contributed by atoms with E-state index in [0.29, 0.717) is 0 Å². The standard InChI is InChI=1S/C8H9Br2Cl/c1-7(11)2-3-8(6-10)4-5-9/h2-5H,6H2,1H3/b5-4+,7-2+,8-3+. The summed E-state index contributed by atoms with van der Waals surface area (Å²) in [6, 6.07) is 0. The molecule has 0 radical (unpaired) electrons. The smallest absolute Gasteiger partial charge is 0.0283 e. The molecular weight excluding hydrogens is 291 g/mol. The van der Waals surface area contributed by atoms with Crippen LogP contribution in [0.5, 0.6) is 0 Å². The summed E-state index contributed by atoms with van der Waals surface area (Å²) in [5, 5.41) is 1.61. The van der Waals surface area contributed by atoms with Gasteiger partial charge in [0.1, 0.15) is 0 Å². The van der Waals surface area contributed by atoms with E-state index < -0.39 is 0 Å². The number of halogens is 3. The molecule has 0 atom stereocenters. The van der Waals surface area contributed by atoms with Gasteiger partial charge in [-0.05, 0) is 23.6 Å². The van der Waals surface area contributed by atoms with Crippen LogP contribution >= 0.6 is 43.5 Å². The minimum atomic E-state index is 0.784. The van der Waals surface area contributed by atoms with Gasteiger partial charge in [-0.3, -0.25) is 0 Å². The molecule has 0 N–H and O–H groups in total. The second-order valence-electron chi connectivity index (χ2n) is 1.92. The lowest BCUT2D eigenvalue weighted by molar-refractivity contribution is 1.55. The van der Waals surface area contributed by atoms with E-state index in [1.807, 2.05) is 30.1 Å². The second-order valence-corrected chi connectivity index (χ2v) is 3.61. The van der Waals surface area contributed by atoms with Crippen molar-refractivity contribution in [2.75, 3.05) is 5.33 Å². The van der Waals surface area contributed by atoms with Crippen molar-refractivity contribution in [1.29, 1.82) is 0 Å². The molecule has 0 bridgehead atoms. The Kier molecular flexibility index (Phi) is 7.44. The van der Waals surface area contributed by atoms with E-state index in [1.54, 1.807) is 0 Å². The van der Waals surface area contributed by atoms with Gasteiger partial charge in [-0.2, -0.15) is 0 Å². The molecule has 62 valence electrons. The molecule has 3 heteroatoms. The number of alkyl halides is 1. The first-order valence-electron chi connectivity index (χ1n) is 3.06. The average molecular weight is 300 g/mol. The van der Waals surface area contributed by atoms with Crippen LogP contribution in [0.1, 0.15) is 6.92 Å². The molecule has 0 heterocycles. The Hall–Kier alpha value is 0.470. The van der Waals surface area contributed by atoms with E-state index in [1.165, 1.54) is 5.57 Å². The van der Waals surface area contributed by atoms with Gasteiger partial charge in [-0.1, -0.05) is 55.6 Å². The van der Waals surface area contributed by atoms with Crippen molar-refractivity contribution in [3.05, 3.63) is 33.8 Å². The summed E-state index contributed by atoms with van der Waals surface area (Å²) in [4.78, 5) is 1.82. The van der Waals surface area contributed by atoms with Crippen LogP contribution in [0.25, 0.3) is 0 Å². The van der Waals surface area contributed by atoms with Crippen molar-refractivity contribution in [3.8, 4) is 0 Å². The van der Waals surface area contributed by atoms with Gasteiger partial charge in [-0.25, -0.2) is 0 Å². The predicted molar refractivity (Wildman–Crippen MR) is 59.6 cm³/mol. The van der Waals surface area contributed by atoms with E-state index >= 15 is 0 Å². The van der Waals surface area contributed by atoms with Crippen molar-refractivity contribution in [1.82, 2.24) is 0 Å². The fourth-order valence-electron chi connectivity index (χ4n) is 0.447. The number of rotatable bonds is 3. The van der Waals surface area contributed by atoms with E-state index in [0.717, 1.165) is 10.4 Å². The summed E-state index contributed by atoms with van der Waals surface area (Å²) in [7, 11) is 0. The van der Waals surface area contributed by atoms with E-state index in [9.17, 15) is 0 Å². The molecule has 0 aromatic rings. The molecule has 0 saturated carbocycles. The summed E-state index contributed by atoms with van der Waals surface area (Å²) >= 11 is 12.2. The SMILES string of the molecule is C\C(Cl)=C/C=C(\C=C\Br)CBr. The monoisotopic (exact) mass is 298 g/mol. The molecule has 0 amide bonds. The van der Waals surface area contributed by atoms with Gasteiger partial charge >= 0.3 is 0 Å². The third kappa shape index (κ3) is 6.85. The summed E-state index contributed by atoms with van der Waals surface area (Å²) in [5.41, 5.74) is 1.17. The molecule has 0 aliphatic carbocycles. The molecule has 0 unspecified atom stereocenters. The Morgan fingerprint density at radius 3 is 2.45 bits per heavy atom. The molecule has 0 aliphatic heterocycles. The molecule has 0 rings (SSSR count). The maximum atomic E-state index is 5.64. The van der Waals surface area contributed by atoms with Crippen molar-refractivity contribution < 1.29 is 0 Å². The van der Waals surface area contributed by atoms with Crippen molar-refractivity contribution in [3.63, 3.8) is 0 Å². The molecule has 0 aromatic heterocycles. The lowest BCUT2D eigenvalue weighted by Crippen LogP contribution is -1.75. The van der Waals surface area contributed by atoms with Gasteiger partial charge in [0.2, 0.25) is 0 Å². The Morgan fingerprint density at radius 2 is 2.09 bits per heavy atom. The first-order valence-corrected chi connectivity index (χ1v) is 5.48. The van der Waals surface area contributed by atoms with Crippen LogP contribution in [0.3, 0.4) is 0 Å². The van der Waals surface area contributed by atoms with E-state index in [2.05, 4.69) is 31.9 Å². The summed E-state index contributed by atoms with van der Waals surface area (Å²) in [6.07, 6.45) is 5.80. The van der Waals surface area contributed by atoms with Crippen LogP contribution in [-0.2, 0) is 0 Å². The van der Waals surface area contributed by atoms with Gasteiger partial charge in [0, 0.05) is 10.4 Å². The second kappa shape index (κ2) is 7.14. The van der Waals surface area contributed by atoms with Crippen molar-refractivity contribution >= 4 is 43.5 Å². The van der Waals surface area contributed by atoms with Crippen LogP contribution in [0.15, 0.2) is 33.8 Å². The van der Waals surface area contributed by atoms with Gasteiger partial charge in [-0.15, -0.1) is 0 Å². The van der Waals surface area contributed by atoms with Gasteiger partial charge in [0.15, 0.2) is 0 Å². The third-order valence-electron chi connectivity index (χ3n) is 0.958. The number of hydrogen-bond donors (Lipinski definition) is 0. The Morgan fingerprint density at radius 1 is 1.45 bits per heavy atom. The minimum absolute atomic E-state index is 0.784. The molecule has 0 aliphatic rings. The van der Waals surface area contributed by atoms with Crippen LogP contribution in [-0.4, -0.2) is 5.33 Å². The lowest BCUT2D eigenvalue weighted by atomic mass is 10.3. The summed E-state index contributed by atoms with van der Waals surface area (Å²) in [6.45, 7) is 1.85. The van der Waals surface area contributed by atoms with Crippen molar-refractivity contribution in [2.24, 2.45) is 0 Å². The highest BCUT2D eigenvalue weighted by Gasteiger charge is 1.85. The molecule has 11 heavy (non-hydrogen) atoms. The first-order chi connectivity index (χ1) is 5.20. The first kappa shape index (κ1) is 11.5. The van der Waals surface area contributed by atoms with Crippen LogP contribution in [0.4, 0.5) is 0 Å². The topological polar surface area (TPSA) is 0 Å². The Bertz CT molecular complexity index is 188.